The highest BCUT2D eigenvalue weighted by Crippen LogP contribution is 2.19. The van der Waals surface area contributed by atoms with E-state index >= 15 is 0 Å². The van der Waals surface area contributed by atoms with Crippen LogP contribution < -0.4 is 10.1 Å². The molecule has 0 saturated heterocycles. The largest absolute Gasteiger partial charge is 0.494 e. The Morgan fingerprint density at radius 2 is 1.92 bits per heavy atom. The molecule has 2 aromatic rings. The number of fused-ring (bicyclic) bond motifs is 1. The first-order chi connectivity index (χ1) is 11.7. The zero-order chi connectivity index (χ0) is 16.8. The van der Waals surface area contributed by atoms with E-state index in [9.17, 15) is 4.79 Å². The molecule has 0 aliphatic carbocycles. The molecule has 1 atom stereocenters. The summed E-state index contributed by atoms with van der Waals surface area (Å²) in [7, 11) is 0. The monoisotopic (exact) mass is 325 g/mol. The molecule has 1 aliphatic heterocycles. The second kappa shape index (κ2) is 7.97. The Bertz CT molecular complexity index is 682. The number of hydrogen-bond donors (Lipinski definition) is 1. The average Bonchev–Trinajstić information content (AvgIpc) is 2.62. The molecular weight excluding hydrogens is 302 g/mol. The minimum absolute atomic E-state index is 0.0154. The molecule has 1 amide bonds. The Balaban J connectivity index is 1.46. The molecule has 4 nitrogen and oxygen atoms in total. The SMILES string of the molecule is CCOc1ccc(CC(=O)NCC2Cc3ccccc3CO2)cc1. The van der Waals surface area contributed by atoms with Crippen molar-refractivity contribution in [2.24, 2.45) is 0 Å². The van der Waals surface area contributed by atoms with E-state index < -0.39 is 0 Å². The van der Waals surface area contributed by atoms with E-state index in [1.165, 1.54) is 11.1 Å². The van der Waals surface area contributed by atoms with Crippen LogP contribution in [0.5, 0.6) is 5.75 Å². The summed E-state index contributed by atoms with van der Waals surface area (Å²) in [6.07, 6.45) is 1.26. The summed E-state index contributed by atoms with van der Waals surface area (Å²) in [4.78, 5) is 12.1. The summed E-state index contributed by atoms with van der Waals surface area (Å²) in [5.41, 5.74) is 3.54. The van der Waals surface area contributed by atoms with Gasteiger partial charge in [0.1, 0.15) is 5.75 Å². The van der Waals surface area contributed by atoms with Crippen molar-refractivity contribution in [3.05, 3.63) is 65.2 Å². The molecule has 0 spiro atoms. The van der Waals surface area contributed by atoms with Gasteiger partial charge in [0, 0.05) is 13.0 Å². The van der Waals surface area contributed by atoms with Crippen LogP contribution in [0, 0.1) is 0 Å². The number of hydrogen-bond acceptors (Lipinski definition) is 3. The van der Waals surface area contributed by atoms with Gasteiger partial charge in [-0.1, -0.05) is 36.4 Å². The predicted molar refractivity (Wildman–Crippen MR) is 93.0 cm³/mol. The molecule has 1 unspecified atom stereocenters. The molecule has 3 rings (SSSR count). The quantitative estimate of drug-likeness (QED) is 0.888. The standard InChI is InChI=1S/C20H23NO3/c1-2-23-18-9-7-15(8-10-18)11-20(22)21-13-19-12-16-5-3-4-6-17(16)14-24-19/h3-10,19H,2,11-14H2,1H3,(H,21,22). The lowest BCUT2D eigenvalue weighted by Gasteiger charge is -2.25. The first-order valence-corrected chi connectivity index (χ1v) is 8.41. The minimum Gasteiger partial charge on any atom is -0.494 e. The maximum Gasteiger partial charge on any atom is 0.224 e. The summed E-state index contributed by atoms with van der Waals surface area (Å²) in [5.74, 6) is 0.845. The number of carbonyl (C=O) groups is 1. The fourth-order valence-corrected chi connectivity index (χ4v) is 2.89. The molecule has 126 valence electrons. The Kier molecular flexibility index (Phi) is 5.49. The van der Waals surface area contributed by atoms with Gasteiger partial charge in [-0.15, -0.1) is 0 Å². The predicted octanol–water partition coefficient (Wildman–Crippen LogP) is 2.89. The Morgan fingerprint density at radius 3 is 2.67 bits per heavy atom. The van der Waals surface area contributed by atoms with Gasteiger partial charge in [-0.05, 0) is 35.7 Å². The fourth-order valence-electron chi connectivity index (χ4n) is 2.89. The summed E-state index contributed by atoms with van der Waals surface area (Å²) < 4.78 is 11.2. The van der Waals surface area contributed by atoms with Gasteiger partial charge in [0.15, 0.2) is 0 Å². The lowest BCUT2D eigenvalue weighted by molar-refractivity contribution is -0.121. The third-order valence-corrected chi connectivity index (χ3v) is 4.17. The van der Waals surface area contributed by atoms with E-state index in [0.717, 1.165) is 17.7 Å². The van der Waals surface area contributed by atoms with Gasteiger partial charge in [0.25, 0.3) is 0 Å². The first-order valence-electron chi connectivity index (χ1n) is 8.41. The lowest BCUT2D eigenvalue weighted by atomic mass is 9.99. The lowest BCUT2D eigenvalue weighted by Crippen LogP contribution is -2.37. The van der Waals surface area contributed by atoms with Crippen molar-refractivity contribution in [3.63, 3.8) is 0 Å². The number of amides is 1. The number of benzene rings is 2. The zero-order valence-electron chi connectivity index (χ0n) is 14.0. The normalized spacial score (nSPS) is 16.3. The summed E-state index contributed by atoms with van der Waals surface area (Å²) in [6, 6.07) is 16.0. The van der Waals surface area contributed by atoms with Crippen molar-refractivity contribution in [1.29, 1.82) is 0 Å². The maximum atomic E-state index is 12.1. The second-order valence-electron chi connectivity index (χ2n) is 5.96. The molecule has 0 bridgehead atoms. The van der Waals surface area contributed by atoms with Crippen LogP contribution in [0.25, 0.3) is 0 Å². The van der Waals surface area contributed by atoms with Gasteiger partial charge in [-0.3, -0.25) is 4.79 Å². The topological polar surface area (TPSA) is 47.6 Å². The highest BCUT2D eigenvalue weighted by molar-refractivity contribution is 5.78. The summed E-state index contributed by atoms with van der Waals surface area (Å²) in [5, 5.41) is 2.98. The maximum absolute atomic E-state index is 12.1. The van der Waals surface area contributed by atoms with Crippen LogP contribution in [0.3, 0.4) is 0 Å². The van der Waals surface area contributed by atoms with Crippen molar-refractivity contribution in [2.45, 2.75) is 32.5 Å². The molecule has 0 saturated carbocycles. The van der Waals surface area contributed by atoms with Crippen LogP contribution >= 0.6 is 0 Å². The van der Waals surface area contributed by atoms with Crippen LogP contribution in [0.15, 0.2) is 48.5 Å². The number of carbonyl (C=O) groups excluding carboxylic acids is 1. The zero-order valence-corrected chi connectivity index (χ0v) is 14.0. The molecule has 24 heavy (non-hydrogen) atoms. The van der Waals surface area contributed by atoms with Gasteiger partial charge in [0.05, 0.1) is 25.7 Å². The first kappa shape index (κ1) is 16.5. The highest BCUT2D eigenvalue weighted by atomic mass is 16.5. The van der Waals surface area contributed by atoms with Gasteiger partial charge < -0.3 is 14.8 Å². The molecule has 0 fully saturated rings. The van der Waals surface area contributed by atoms with Gasteiger partial charge in [-0.25, -0.2) is 0 Å². The molecule has 0 radical (unpaired) electrons. The molecule has 1 N–H and O–H groups in total. The van der Waals surface area contributed by atoms with Crippen molar-refractivity contribution >= 4 is 5.91 Å². The van der Waals surface area contributed by atoms with E-state index in [2.05, 4.69) is 17.4 Å². The third-order valence-electron chi connectivity index (χ3n) is 4.17. The number of nitrogens with one attached hydrogen (secondary N) is 1. The highest BCUT2D eigenvalue weighted by Gasteiger charge is 2.19. The van der Waals surface area contributed by atoms with Crippen LogP contribution in [0.2, 0.25) is 0 Å². The summed E-state index contributed by atoms with van der Waals surface area (Å²) >= 11 is 0. The van der Waals surface area contributed by atoms with E-state index in [4.69, 9.17) is 9.47 Å². The van der Waals surface area contributed by atoms with Crippen molar-refractivity contribution in [3.8, 4) is 5.75 Å². The van der Waals surface area contributed by atoms with Crippen LogP contribution in [0.4, 0.5) is 0 Å². The van der Waals surface area contributed by atoms with E-state index in [1.54, 1.807) is 0 Å². The second-order valence-corrected chi connectivity index (χ2v) is 5.96. The van der Waals surface area contributed by atoms with Crippen molar-refractivity contribution in [1.82, 2.24) is 5.32 Å². The molecule has 2 aromatic carbocycles. The number of rotatable bonds is 6. The third kappa shape index (κ3) is 4.36. The van der Waals surface area contributed by atoms with Gasteiger partial charge in [-0.2, -0.15) is 0 Å². The van der Waals surface area contributed by atoms with Crippen LogP contribution in [0.1, 0.15) is 23.6 Å². The van der Waals surface area contributed by atoms with Gasteiger partial charge >= 0.3 is 0 Å². The molecule has 1 aliphatic rings. The van der Waals surface area contributed by atoms with Crippen LogP contribution in [-0.2, 0) is 29.0 Å². The Labute approximate surface area is 142 Å². The van der Waals surface area contributed by atoms with E-state index in [1.807, 2.05) is 43.3 Å². The number of ether oxygens (including phenoxy) is 2. The summed E-state index contributed by atoms with van der Waals surface area (Å²) in [6.45, 7) is 3.76. The molecular formula is C20H23NO3. The fraction of sp³-hybridized carbons (Fsp3) is 0.350. The molecule has 4 heteroatoms. The molecule has 1 heterocycles. The Morgan fingerprint density at radius 1 is 1.17 bits per heavy atom. The van der Waals surface area contributed by atoms with Crippen LogP contribution in [-0.4, -0.2) is 25.2 Å². The smallest absolute Gasteiger partial charge is 0.224 e. The van der Waals surface area contributed by atoms with Crippen molar-refractivity contribution in [2.75, 3.05) is 13.2 Å². The van der Waals surface area contributed by atoms with Crippen molar-refractivity contribution < 1.29 is 14.3 Å². The Hall–Kier alpha value is -2.33. The van der Waals surface area contributed by atoms with Gasteiger partial charge in [0.2, 0.25) is 5.91 Å². The average molecular weight is 325 g/mol. The molecule has 0 aromatic heterocycles. The van der Waals surface area contributed by atoms with E-state index in [0.29, 0.717) is 26.2 Å². The minimum atomic E-state index is 0.0154. The van der Waals surface area contributed by atoms with E-state index in [-0.39, 0.29) is 12.0 Å².